The van der Waals surface area contributed by atoms with Crippen molar-refractivity contribution in [2.75, 3.05) is 0 Å². The first-order valence-electron chi connectivity index (χ1n) is 9.78. The van der Waals surface area contributed by atoms with Gasteiger partial charge in [-0.25, -0.2) is 4.99 Å². The highest BCUT2D eigenvalue weighted by molar-refractivity contribution is 6.38. The number of rotatable bonds is 10. The number of benzene rings is 2. The molecule has 1 unspecified atom stereocenters. The molecular formula is C24H30N2O. The third kappa shape index (κ3) is 8.12. The second kappa shape index (κ2) is 11.2. The van der Waals surface area contributed by atoms with Crippen molar-refractivity contribution in [2.24, 2.45) is 16.8 Å². The number of carbonyl (C=O) groups is 1. The first-order valence-corrected chi connectivity index (χ1v) is 9.78. The maximum Gasteiger partial charge on any atom is 0.199 e. The molecule has 3 nitrogen and oxygen atoms in total. The second-order valence-corrected chi connectivity index (χ2v) is 7.39. The second-order valence-electron chi connectivity index (χ2n) is 7.39. The molecule has 0 heterocycles. The monoisotopic (exact) mass is 362 g/mol. The summed E-state index contributed by atoms with van der Waals surface area (Å²) in [4.78, 5) is 16.3. The van der Waals surface area contributed by atoms with E-state index < -0.39 is 0 Å². The largest absolute Gasteiger partial charge is 0.291 e. The van der Waals surface area contributed by atoms with Crippen LogP contribution in [0.15, 0.2) is 65.7 Å². The molecule has 2 aromatic carbocycles. The normalized spacial score (nSPS) is 13.4. The molecule has 0 radical (unpaired) electrons. The number of aryl methyl sites for hydroxylation is 2. The maximum absolute atomic E-state index is 12.2. The molecule has 2 rings (SSSR count). The summed E-state index contributed by atoms with van der Waals surface area (Å²) >= 11 is 0. The first-order chi connectivity index (χ1) is 13.0. The van der Waals surface area contributed by atoms with Crippen LogP contribution < -0.4 is 0 Å². The van der Waals surface area contributed by atoms with Crippen LogP contribution in [0.25, 0.3) is 0 Å². The summed E-state index contributed by atoms with van der Waals surface area (Å²) in [5.41, 5.74) is 2.59. The number of Topliss-reactive ketones (excluding diaryl/α,β-unsaturated/α-hetero) is 1. The van der Waals surface area contributed by atoms with Gasteiger partial charge in [-0.15, -0.1) is 0 Å². The van der Waals surface area contributed by atoms with E-state index in [4.69, 9.17) is 5.41 Å². The topological polar surface area (TPSA) is 53.3 Å². The quantitative estimate of drug-likeness (QED) is 0.438. The highest BCUT2D eigenvalue weighted by atomic mass is 16.1. The van der Waals surface area contributed by atoms with Crippen molar-refractivity contribution >= 4 is 17.8 Å². The Morgan fingerprint density at radius 1 is 0.926 bits per heavy atom. The predicted molar refractivity (Wildman–Crippen MR) is 114 cm³/mol. The van der Waals surface area contributed by atoms with E-state index >= 15 is 0 Å². The van der Waals surface area contributed by atoms with Gasteiger partial charge in [0.2, 0.25) is 0 Å². The minimum Gasteiger partial charge on any atom is -0.291 e. The lowest BCUT2D eigenvalue weighted by Crippen LogP contribution is -2.15. The third-order valence-corrected chi connectivity index (χ3v) is 4.76. The third-order valence-electron chi connectivity index (χ3n) is 4.76. The first kappa shape index (κ1) is 20.8. The highest BCUT2D eigenvalue weighted by Crippen LogP contribution is 2.14. The van der Waals surface area contributed by atoms with E-state index in [2.05, 4.69) is 43.1 Å². The molecule has 0 saturated carbocycles. The molecule has 1 N–H and O–H groups in total. The lowest BCUT2D eigenvalue weighted by molar-refractivity contribution is -0.113. The van der Waals surface area contributed by atoms with Crippen molar-refractivity contribution in [1.82, 2.24) is 0 Å². The molecule has 2 aromatic rings. The zero-order valence-electron chi connectivity index (χ0n) is 16.4. The Morgan fingerprint density at radius 3 is 2.00 bits per heavy atom. The van der Waals surface area contributed by atoms with Gasteiger partial charge in [0.05, 0.1) is 0 Å². The smallest absolute Gasteiger partial charge is 0.199 e. The number of amidine groups is 1. The Labute approximate surface area is 163 Å². The average molecular weight is 363 g/mol. The summed E-state index contributed by atoms with van der Waals surface area (Å²) in [7, 11) is 0. The molecule has 0 amide bonds. The lowest BCUT2D eigenvalue weighted by atomic mass is 9.96. The fourth-order valence-corrected chi connectivity index (χ4v) is 2.96. The van der Waals surface area contributed by atoms with Crippen LogP contribution in [0.1, 0.15) is 44.2 Å². The molecule has 0 saturated heterocycles. The molecular weight excluding hydrogens is 332 g/mol. The number of aliphatic imine (C=N–C) groups is 1. The lowest BCUT2D eigenvalue weighted by Gasteiger charge is -2.10. The van der Waals surface area contributed by atoms with E-state index in [0.29, 0.717) is 6.42 Å². The Hall–Kier alpha value is -2.55. The van der Waals surface area contributed by atoms with Crippen LogP contribution >= 0.6 is 0 Å². The Morgan fingerprint density at radius 2 is 1.44 bits per heavy atom. The Kier molecular flexibility index (Phi) is 8.63. The van der Waals surface area contributed by atoms with Gasteiger partial charge < -0.3 is 0 Å². The van der Waals surface area contributed by atoms with Crippen LogP contribution in [0.4, 0.5) is 0 Å². The molecule has 2 atom stereocenters. The van der Waals surface area contributed by atoms with Crippen molar-refractivity contribution in [3.8, 4) is 0 Å². The minimum atomic E-state index is -0.165. The van der Waals surface area contributed by atoms with Crippen LogP contribution in [0.3, 0.4) is 0 Å². The van der Waals surface area contributed by atoms with Gasteiger partial charge in [-0.3, -0.25) is 10.2 Å². The van der Waals surface area contributed by atoms with Crippen LogP contribution in [0.2, 0.25) is 0 Å². The van der Waals surface area contributed by atoms with E-state index in [1.807, 2.05) is 36.4 Å². The van der Waals surface area contributed by atoms with E-state index in [9.17, 15) is 4.79 Å². The number of hydrogen-bond acceptors (Lipinski definition) is 2. The van der Waals surface area contributed by atoms with Gasteiger partial charge in [0, 0.05) is 12.6 Å². The van der Waals surface area contributed by atoms with Crippen LogP contribution in [-0.4, -0.2) is 17.8 Å². The maximum atomic E-state index is 12.2. The molecule has 0 aliphatic heterocycles. The zero-order valence-corrected chi connectivity index (χ0v) is 16.4. The van der Waals surface area contributed by atoms with Crippen LogP contribution in [-0.2, 0) is 17.6 Å². The average Bonchev–Trinajstić information content (AvgIpc) is 2.70. The molecule has 0 spiro atoms. The van der Waals surface area contributed by atoms with E-state index in [1.54, 1.807) is 6.21 Å². The summed E-state index contributed by atoms with van der Waals surface area (Å²) in [6, 6.07) is 20.6. The number of carbonyl (C=O) groups excluding carboxylic acids is 1. The van der Waals surface area contributed by atoms with Crippen molar-refractivity contribution in [1.29, 1.82) is 5.41 Å². The van der Waals surface area contributed by atoms with Gasteiger partial charge >= 0.3 is 0 Å². The fraction of sp³-hybridized carbons (Fsp3) is 0.375. The summed E-state index contributed by atoms with van der Waals surface area (Å²) in [6.45, 7) is 4.15. The van der Waals surface area contributed by atoms with Crippen molar-refractivity contribution < 1.29 is 4.79 Å². The van der Waals surface area contributed by atoms with Gasteiger partial charge in [-0.2, -0.15) is 0 Å². The van der Waals surface area contributed by atoms with Crippen molar-refractivity contribution in [3.05, 3.63) is 71.8 Å². The summed E-state index contributed by atoms with van der Waals surface area (Å²) < 4.78 is 0. The van der Waals surface area contributed by atoms with Gasteiger partial charge in [-0.1, -0.05) is 74.5 Å². The van der Waals surface area contributed by atoms with E-state index in [-0.39, 0.29) is 23.5 Å². The van der Waals surface area contributed by atoms with Gasteiger partial charge in [-0.05, 0) is 48.6 Å². The summed E-state index contributed by atoms with van der Waals surface area (Å²) in [6.07, 6.45) is 5.98. The molecule has 0 bridgehead atoms. The predicted octanol–water partition coefficient (Wildman–Crippen LogP) is 5.53. The Balaban J connectivity index is 1.70. The van der Waals surface area contributed by atoms with Gasteiger partial charge in [0.15, 0.2) is 11.6 Å². The zero-order chi connectivity index (χ0) is 19.5. The standard InChI is InChI=1S/C24H30N2O/c1-19(13-15-21-9-5-3-6-10-21)17-23(27)24(25)26-18-20(2)14-16-22-11-7-4-8-12-22/h3-12,18-20,25H,13-17H2,1-2H3/b25-24?,26-18+/t19?,20-/m0/s1. The van der Waals surface area contributed by atoms with Crippen LogP contribution in [0.5, 0.6) is 0 Å². The summed E-state index contributed by atoms with van der Waals surface area (Å²) in [5.74, 6) is 0.216. The van der Waals surface area contributed by atoms with E-state index in [0.717, 1.165) is 25.7 Å². The number of nitrogens with one attached hydrogen (secondary N) is 1. The molecule has 0 aromatic heterocycles. The minimum absolute atomic E-state index is 0.117. The molecule has 0 aliphatic carbocycles. The number of hydrogen-bond donors (Lipinski definition) is 1. The van der Waals surface area contributed by atoms with Gasteiger partial charge in [0.1, 0.15) is 0 Å². The van der Waals surface area contributed by atoms with Crippen LogP contribution in [0, 0.1) is 17.2 Å². The van der Waals surface area contributed by atoms with Crippen molar-refractivity contribution in [2.45, 2.75) is 46.0 Å². The number of ketones is 1. The molecule has 27 heavy (non-hydrogen) atoms. The molecule has 142 valence electrons. The van der Waals surface area contributed by atoms with E-state index in [1.165, 1.54) is 11.1 Å². The molecule has 0 aliphatic rings. The number of nitrogens with zero attached hydrogens (tertiary/aromatic N) is 1. The van der Waals surface area contributed by atoms with Gasteiger partial charge in [0.25, 0.3) is 0 Å². The fourth-order valence-electron chi connectivity index (χ4n) is 2.96. The Bertz CT molecular complexity index is 737. The SMILES string of the molecule is CC(CCc1ccccc1)CC(=O)C(=N)/N=C/[C@@H](C)CCc1ccccc1. The molecule has 0 fully saturated rings. The highest BCUT2D eigenvalue weighted by Gasteiger charge is 2.13. The molecule has 3 heteroatoms. The summed E-state index contributed by atoms with van der Waals surface area (Å²) in [5, 5.41) is 7.93. The van der Waals surface area contributed by atoms with Crippen molar-refractivity contribution in [3.63, 3.8) is 0 Å².